The molecule has 2 rings (SSSR count). The number of hydrogen-bond acceptors (Lipinski definition) is 5. The lowest BCUT2D eigenvalue weighted by molar-refractivity contribution is 0.0815. The third-order valence-electron chi connectivity index (χ3n) is 3.50. The minimum Gasteiger partial charge on any atom is -0.485 e. The van der Waals surface area contributed by atoms with Gasteiger partial charge in [0.05, 0.1) is 19.8 Å². The minimum atomic E-state index is -0.471. The molecular formula is C18H23ClN2O4. The summed E-state index contributed by atoms with van der Waals surface area (Å²) in [5.41, 5.74) is 1.74. The Morgan fingerprint density at radius 3 is 2.32 bits per heavy atom. The number of hydrogen-bond donors (Lipinski definition) is 2. The van der Waals surface area contributed by atoms with Gasteiger partial charge in [-0.15, -0.1) is 0 Å². The second-order valence-electron chi connectivity index (χ2n) is 6.68. The van der Waals surface area contributed by atoms with Crippen molar-refractivity contribution in [2.75, 3.05) is 13.2 Å². The van der Waals surface area contributed by atoms with E-state index < -0.39 is 5.56 Å². The second-order valence-corrected chi connectivity index (χ2v) is 7.05. The van der Waals surface area contributed by atoms with Gasteiger partial charge in [0.1, 0.15) is 12.3 Å². The maximum Gasteiger partial charge on any atom is 0.286 e. The number of halogens is 1. The smallest absolute Gasteiger partial charge is 0.286 e. The zero-order valence-corrected chi connectivity index (χ0v) is 15.4. The number of nitrogens with one attached hydrogen (secondary N) is 1. The van der Waals surface area contributed by atoms with Crippen molar-refractivity contribution in [3.05, 3.63) is 56.5 Å². The quantitative estimate of drug-likeness (QED) is 0.736. The van der Waals surface area contributed by atoms with Crippen molar-refractivity contribution in [1.29, 1.82) is 0 Å². The first-order valence-electron chi connectivity index (χ1n) is 8.01. The van der Waals surface area contributed by atoms with Crippen LogP contribution in [0.25, 0.3) is 0 Å². The fourth-order valence-corrected chi connectivity index (χ4v) is 2.38. The largest absolute Gasteiger partial charge is 0.485 e. The Morgan fingerprint density at radius 1 is 1.16 bits per heavy atom. The number of aromatic nitrogens is 2. The van der Waals surface area contributed by atoms with Crippen LogP contribution in [0.2, 0.25) is 5.02 Å². The molecule has 1 aromatic heterocycles. The summed E-state index contributed by atoms with van der Waals surface area (Å²) < 4.78 is 11.1. The molecule has 1 heterocycles. The van der Waals surface area contributed by atoms with E-state index in [1.54, 1.807) is 0 Å². The van der Waals surface area contributed by atoms with Crippen molar-refractivity contribution in [2.24, 2.45) is 0 Å². The summed E-state index contributed by atoms with van der Waals surface area (Å²) in [5, 5.41) is 15.2. The van der Waals surface area contributed by atoms with Crippen LogP contribution >= 0.6 is 11.6 Å². The first-order valence-corrected chi connectivity index (χ1v) is 8.38. The molecule has 0 aliphatic rings. The number of benzene rings is 1. The highest BCUT2D eigenvalue weighted by Crippen LogP contribution is 2.33. The molecule has 2 N–H and O–H groups in total. The third-order valence-corrected chi connectivity index (χ3v) is 3.85. The van der Waals surface area contributed by atoms with E-state index in [1.807, 2.05) is 45.0 Å². The highest BCUT2D eigenvalue weighted by Gasteiger charge is 2.25. The van der Waals surface area contributed by atoms with Crippen LogP contribution in [0.4, 0.5) is 0 Å². The molecule has 0 saturated carbocycles. The number of rotatable bonds is 7. The average molecular weight is 367 g/mol. The van der Waals surface area contributed by atoms with Crippen LogP contribution in [0.3, 0.4) is 0 Å². The Hall–Kier alpha value is -1.89. The summed E-state index contributed by atoms with van der Waals surface area (Å²) in [6.45, 7) is 6.95. The lowest BCUT2D eigenvalue weighted by Gasteiger charge is -2.21. The molecule has 0 amide bonds. The molecule has 25 heavy (non-hydrogen) atoms. The first kappa shape index (κ1) is 19.4. The Labute approximate surface area is 151 Å². The molecule has 2 aromatic rings. The van der Waals surface area contributed by atoms with Crippen LogP contribution in [0.15, 0.2) is 29.1 Å². The van der Waals surface area contributed by atoms with Gasteiger partial charge in [0.25, 0.3) is 5.56 Å². The van der Waals surface area contributed by atoms with Crippen LogP contribution in [0.1, 0.15) is 37.6 Å². The van der Waals surface area contributed by atoms with Gasteiger partial charge in [0, 0.05) is 5.41 Å². The molecular weight excluding hydrogens is 344 g/mol. The topological polar surface area (TPSA) is 84.4 Å². The molecule has 0 radical (unpaired) electrons. The SMILES string of the molecule is CC(C)(C)c1n[nH]c(=O)c(Cl)c1OCc1ccc(COCCO)cc1. The fraction of sp³-hybridized carbons (Fsp3) is 0.444. The number of H-pyrrole nitrogens is 1. The molecule has 136 valence electrons. The Bertz CT molecular complexity index is 751. The maximum absolute atomic E-state index is 11.7. The summed E-state index contributed by atoms with van der Waals surface area (Å²) >= 11 is 6.12. The standard InChI is InChI=1S/C18H23ClN2O4/c1-18(2,3)16-15(14(19)17(23)21-20-16)25-11-13-6-4-12(5-7-13)10-24-9-8-22/h4-7,22H,8-11H2,1-3H3,(H,21,23). The van der Waals surface area contributed by atoms with Crippen molar-refractivity contribution < 1.29 is 14.6 Å². The zero-order chi connectivity index (χ0) is 18.4. The maximum atomic E-state index is 11.7. The van der Waals surface area contributed by atoms with E-state index in [0.717, 1.165) is 11.1 Å². The third kappa shape index (κ3) is 5.29. The molecule has 0 fully saturated rings. The van der Waals surface area contributed by atoms with E-state index in [-0.39, 0.29) is 23.7 Å². The predicted octanol–water partition coefficient (Wildman–Crippen LogP) is 2.81. The van der Waals surface area contributed by atoms with E-state index in [0.29, 0.717) is 24.7 Å². The van der Waals surface area contributed by atoms with Gasteiger partial charge in [-0.05, 0) is 11.1 Å². The molecule has 0 aliphatic heterocycles. The summed E-state index contributed by atoms with van der Waals surface area (Å²) in [6, 6.07) is 7.70. The summed E-state index contributed by atoms with van der Waals surface area (Å²) in [5.74, 6) is 0.313. The molecule has 0 aliphatic carbocycles. The van der Waals surface area contributed by atoms with Crippen molar-refractivity contribution in [1.82, 2.24) is 10.2 Å². The van der Waals surface area contributed by atoms with Gasteiger partial charge in [-0.2, -0.15) is 5.10 Å². The molecule has 0 saturated heterocycles. The van der Waals surface area contributed by atoms with E-state index >= 15 is 0 Å². The van der Waals surface area contributed by atoms with Crippen LogP contribution in [-0.4, -0.2) is 28.5 Å². The van der Waals surface area contributed by atoms with E-state index in [2.05, 4.69) is 10.2 Å². The lowest BCUT2D eigenvalue weighted by atomic mass is 9.91. The molecule has 0 unspecified atom stereocenters. The van der Waals surface area contributed by atoms with Crippen LogP contribution in [0, 0.1) is 0 Å². The molecule has 0 atom stereocenters. The van der Waals surface area contributed by atoms with Gasteiger partial charge in [-0.3, -0.25) is 4.79 Å². The van der Waals surface area contributed by atoms with Gasteiger partial charge in [0.2, 0.25) is 0 Å². The van der Waals surface area contributed by atoms with Crippen molar-refractivity contribution in [3.8, 4) is 5.75 Å². The van der Waals surface area contributed by atoms with E-state index in [4.69, 9.17) is 26.2 Å². The van der Waals surface area contributed by atoms with Gasteiger partial charge < -0.3 is 14.6 Å². The fourth-order valence-electron chi connectivity index (χ4n) is 2.20. The number of nitrogens with zero attached hydrogens (tertiary/aromatic N) is 1. The van der Waals surface area contributed by atoms with Gasteiger partial charge in [-0.25, -0.2) is 5.10 Å². The van der Waals surface area contributed by atoms with Gasteiger partial charge >= 0.3 is 0 Å². The zero-order valence-electron chi connectivity index (χ0n) is 14.6. The van der Waals surface area contributed by atoms with Crippen LogP contribution < -0.4 is 10.3 Å². The van der Waals surface area contributed by atoms with Crippen molar-refractivity contribution >= 4 is 11.6 Å². The molecule has 0 spiro atoms. The second kappa shape index (κ2) is 8.47. The molecule has 0 bridgehead atoms. The number of aliphatic hydroxyl groups is 1. The summed E-state index contributed by atoms with van der Waals surface area (Å²) in [4.78, 5) is 11.7. The predicted molar refractivity (Wildman–Crippen MR) is 96.1 cm³/mol. The number of ether oxygens (including phenoxy) is 2. The average Bonchev–Trinajstić information content (AvgIpc) is 2.56. The van der Waals surface area contributed by atoms with Gasteiger partial charge in [-0.1, -0.05) is 56.6 Å². The Kier molecular flexibility index (Phi) is 6.58. The molecule has 7 heteroatoms. The highest BCUT2D eigenvalue weighted by atomic mass is 35.5. The monoisotopic (exact) mass is 366 g/mol. The minimum absolute atomic E-state index is 0.00698. The van der Waals surface area contributed by atoms with E-state index in [9.17, 15) is 4.79 Å². The number of aromatic amines is 1. The number of aliphatic hydroxyl groups excluding tert-OH is 1. The van der Waals surface area contributed by atoms with Crippen LogP contribution in [0.5, 0.6) is 5.75 Å². The molecule has 6 nitrogen and oxygen atoms in total. The van der Waals surface area contributed by atoms with Gasteiger partial charge in [0.15, 0.2) is 10.8 Å². The highest BCUT2D eigenvalue weighted by molar-refractivity contribution is 6.31. The first-order chi connectivity index (χ1) is 11.8. The van der Waals surface area contributed by atoms with Crippen molar-refractivity contribution in [3.63, 3.8) is 0 Å². The summed E-state index contributed by atoms with van der Waals surface area (Å²) in [6.07, 6.45) is 0. The van der Waals surface area contributed by atoms with E-state index in [1.165, 1.54) is 0 Å². The Balaban J connectivity index is 2.11. The van der Waals surface area contributed by atoms with Crippen LogP contribution in [-0.2, 0) is 23.4 Å². The normalized spacial score (nSPS) is 11.6. The van der Waals surface area contributed by atoms with Crippen molar-refractivity contribution in [2.45, 2.75) is 39.4 Å². The lowest BCUT2D eigenvalue weighted by Crippen LogP contribution is -2.22. The summed E-state index contributed by atoms with van der Waals surface area (Å²) in [7, 11) is 0. The Morgan fingerprint density at radius 2 is 1.76 bits per heavy atom. The molecule has 1 aromatic carbocycles.